The summed E-state index contributed by atoms with van der Waals surface area (Å²) in [6.45, 7) is 5.05. The Labute approximate surface area is 241 Å². The number of carbonyl (C=O) groups is 2. The van der Waals surface area contributed by atoms with Crippen molar-refractivity contribution in [3.63, 3.8) is 0 Å². The van der Waals surface area contributed by atoms with E-state index in [4.69, 9.17) is 21.1 Å². The molecule has 1 N–H and O–H groups in total. The number of hydrogen-bond donors (Lipinski definition) is 1. The first-order valence-corrected chi connectivity index (χ1v) is 14.4. The van der Waals surface area contributed by atoms with E-state index in [2.05, 4.69) is 11.9 Å². The summed E-state index contributed by atoms with van der Waals surface area (Å²) in [6.07, 6.45) is 3.15. The Morgan fingerprint density at radius 1 is 1.00 bits per heavy atom. The highest BCUT2D eigenvalue weighted by molar-refractivity contribution is 7.22. The number of thiazole rings is 1. The van der Waals surface area contributed by atoms with Crippen LogP contribution >= 0.6 is 22.9 Å². The van der Waals surface area contributed by atoms with Gasteiger partial charge < -0.3 is 14.6 Å². The van der Waals surface area contributed by atoms with Crippen LogP contribution in [-0.4, -0.2) is 35.0 Å². The molecule has 0 aliphatic carbocycles. The molecule has 3 aromatic carbocycles. The molecule has 1 aromatic heterocycles. The summed E-state index contributed by atoms with van der Waals surface area (Å²) in [5, 5.41) is 12.3. The van der Waals surface area contributed by atoms with Crippen molar-refractivity contribution in [2.45, 2.75) is 39.2 Å². The lowest BCUT2D eigenvalue weighted by Crippen LogP contribution is -2.29. The number of fused-ring (bicyclic) bond motifs is 1. The molecule has 7 nitrogen and oxygen atoms in total. The molecular weight excluding hydrogens is 548 g/mol. The van der Waals surface area contributed by atoms with E-state index < -0.39 is 17.7 Å². The average Bonchev–Trinajstić information content (AvgIpc) is 3.49. The van der Waals surface area contributed by atoms with E-state index in [9.17, 15) is 14.7 Å². The summed E-state index contributed by atoms with van der Waals surface area (Å²) in [6, 6.07) is 18.4. The third-order valence-electron chi connectivity index (χ3n) is 6.62. The highest BCUT2D eigenvalue weighted by Crippen LogP contribution is 2.45. The van der Waals surface area contributed by atoms with Gasteiger partial charge in [-0.2, -0.15) is 0 Å². The molecule has 1 unspecified atom stereocenters. The van der Waals surface area contributed by atoms with Crippen LogP contribution in [0, 0.1) is 0 Å². The first-order chi connectivity index (χ1) is 19.4. The number of amides is 1. The number of carbonyl (C=O) groups excluding carboxylic acids is 2. The average molecular weight is 577 g/mol. The van der Waals surface area contributed by atoms with E-state index >= 15 is 0 Å². The maximum absolute atomic E-state index is 13.5. The number of benzene rings is 3. The smallest absolute Gasteiger partial charge is 0.301 e. The largest absolute Gasteiger partial charge is 0.507 e. The molecule has 1 saturated heterocycles. The molecule has 4 aromatic rings. The van der Waals surface area contributed by atoms with Crippen molar-refractivity contribution in [1.29, 1.82) is 0 Å². The Morgan fingerprint density at radius 3 is 2.55 bits per heavy atom. The van der Waals surface area contributed by atoms with Crippen LogP contribution in [0.15, 0.2) is 72.3 Å². The van der Waals surface area contributed by atoms with Gasteiger partial charge in [0, 0.05) is 10.6 Å². The number of ketones is 1. The lowest BCUT2D eigenvalue weighted by atomic mass is 9.95. The second kappa shape index (κ2) is 12.1. The number of aliphatic hydroxyl groups excluding tert-OH is 1. The zero-order valence-corrected chi connectivity index (χ0v) is 23.8. The number of anilines is 1. The van der Waals surface area contributed by atoms with Crippen molar-refractivity contribution in [3.8, 4) is 11.5 Å². The van der Waals surface area contributed by atoms with Crippen molar-refractivity contribution in [2.75, 3.05) is 18.1 Å². The van der Waals surface area contributed by atoms with Crippen LogP contribution in [-0.2, 0) is 9.59 Å². The van der Waals surface area contributed by atoms with Crippen LogP contribution < -0.4 is 14.4 Å². The fourth-order valence-electron chi connectivity index (χ4n) is 4.68. The van der Waals surface area contributed by atoms with E-state index in [1.165, 1.54) is 16.2 Å². The van der Waals surface area contributed by atoms with Gasteiger partial charge in [0.15, 0.2) is 5.13 Å². The van der Waals surface area contributed by atoms with Crippen molar-refractivity contribution in [2.24, 2.45) is 0 Å². The van der Waals surface area contributed by atoms with Crippen molar-refractivity contribution in [3.05, 3.63) is 88.5 Å². The first-order valence-electron chi connectivity index (χ1n) is 13.2. The molecule has 5 rings (SSSR count). The molecule has 1 aliphatic heterocycles. The van der Waals surface area contributed by atoms with Crippen LogP contribution in [0.5, 0.6) is 11.5 Å². The maximum atomic E-state index is 13.5. The topological polar surface area (TPSA) is 89.0 Å². The summed E-state index contributed by atoms with van der Waals surface area (Å²) in [4.78, 5) is 33.1. The van der Waals surface area contributed by atoms with Gasteiger partial charge in [-0.15, -0.1) is 0 Å². The number of ether oxygens (including phenoxy) is 2. The molecule has 0 saturated carbocycles. The highest BCUT2D eigenvalue weighted by atomic mass is 35.5. The SMILES string of the molecule is CCCCCOc1ccc(C2C(=C(O)c3cccc(OCC)c3)C(=O)C(=O)N2c2nc3ccc(Cl)cc3s2)cc1. The first kappa shape index (κ1) is 27.7. The van der Waals surface area contributed by atoms with Gasteiger partial charge in [0.25, 0.3) is 5.78 Å². The molecule has 0 spiro atoms. The van der Waals surface area contributed by atoms with Crippen molar-refractivity contribution >= 4 is 55.7 Å². The number of rotatable bonds is 10. The Balaban J connectivity index is 1.60. The third kappa shape index (κ3) is 5.55. The van der Waals surface area contributed by atoms with Gasteiger partial charge in [0.1, 0.15) is 17.3 Å². The van der Waals surface area contributed by atoms with Gasteiger partial charge >= 0.3 is 5.91 Å². The summed E-state index contributed by atoms with van der Waals surface area (Å²) in [7, 11) is 0. The normalized spacial score (nSPS) is 16.6. The van der Waals surface area contributed by atoms with Gasteiger partial charge in [-0.25, -0.2) is 4.98 Å². The predicted octanol–water partition coefficient (Wildman–Crippen LogP) is 7.54. The number of hydrogen-bond acceptors (Lipinski definition) is 7. The number of unbranched alkanes of at least 4 members (excludes halogenated alkanes) is 2. The monoisotopic (exact) mass is 576 g/mol. The number of aliphatic hydroxyl groups is 1. The minimum absolute atomic E-state index is 0.0208. The molecule has 206 valence electrons. The summed E-state index contributed by atoms with van der Waals surface area (Å²) >= 11 is 7.44. The summed E-state index contributed by atoms with van der Waals surface area (Å²) < 4.78 is 12.2. The Morgan fingerprint density at radius 2 is 1.80 bits per heavy atom. The van der Waals surface area contributed by atoms with Crippen LogP contribution in [0.3, 0.4) is 0 Å². The standard InChI is InChI=1S/C31H29ClN2O5S/c1-3-5-6-16-39-22-13-10-19(11-14-22)27-26(28(35)20-8-7-9-23(17-20)38-4-2)29(36)30(37)34(27)31-33-24-15-12-21(32)18-25(24)40-31/h7-15,17-18,27,35H,3-6,16H2,1-2H3. The number of nitrogens with zero attached hydrogens (tertiary/aromatic N) is 2. The molecule has 2 heterocycles. The maximum Gasteiger partial charge on any atom is 0.301 e. The Bertz CT molecular complexity index is 1580. The quantitative estimate of drug-likeness (QED) is 0.0907. The van der Waals surface area contributed by atoms with E-state index in [0.29, 0.717) is 51.5 Å². The third-order valence-corrected chi connectivity index (χ3v) is 7.87. The zero-order valence-electron chi connectivity index (χ0n) is 22.2. The van der Waals surface area contributed by atoms with E-state index in [-0.39, 0.29) is 11.3 Å². The molecule has 1 amide bonds. The fourth-order valence-corrected chi connectivity index (χ4v) is 5.95. The Hall–Kier alpha value is -3.88. The van der Waals surface area contributed by atoms with Crippen LogP contribution in [0.4, 0.5) is 5.13 Å². The van der Waals surface area contributed by atoms with Crippen LogP contribution in [0.1, 0.15) is 50.3 Å². The Kier molecular flexibility index (Phi) is 8.38. The lowest BCUT2D eigenvalue weighted by molar-refractivity contribution is -0.132. The van der Waals surface area contributed by atoms with Gasteiger partial charge in [0.2, 0.25) is 0 Å². The highest BCUT2D eigenvalue weighted by Gasteiger charge is 2.48. The second-order valence-corrected chi connectivity index (χ2v) is 10.8. The van der Waals surface area contributed by atoms with E-state index in [0.717, 1.165) is 24.0 Å². The van der Waals surface area contributed by atoms with Gasteiger partial charge in [0.05, 0.1) is 35.0 Å². The van der Waals surface area contributed by atoms with Crippen LogP contribution in [0.25, 0.3) is 16.0 Å². The minimum atomic E-state index is -0.902. The summed E-state index contributed by atoms with van der Waals surface area (Å²) in [5.74, 6) is -0.601. The van der Waals surface area contributed by atoms with Crippen molar-refractivity contribution in [1.82, 2.24) is 4.98 Å². The molecule has 9 heteroatoms. The zero-order chi connectivity index (χ0) is 28.2. The van der Waals surface area contributed by atoms with E-state index in [1.807, 2.05) is 31.2 Å². The summed E-state index contributed by atoms with van der Waals surface area (Å²) in [5.41, 5.74) is 1.65. The van der Waals surface area contributed by atoms with Gasteiger partial charge in [-0.1, -0.05) is 67.0 Å². The molecule has 1 atom stereocenters. The predicted molar refractivity (Wildman–Crippen MR) is 158 cm³/mol. The molecule has 0 radical (unpaired) electrons. The molecular formula is C31H29ClN2O5S. The minimum Gasteiger partial charge on any atom is -0.507 e. The van der Waals surface area contributed by atoms with Gasteiger partial charge in [-0.05, 0) is 61.4 Å². The lowest BCUT2D eigenvalue weighted by Gasteiger charge is -2.23. The number of aromatic nitrogens is 1. The van der Waals surface area contributed by atoms with E-state index in [1.54, 1.807) is 42.5 Å². The number of halogens is 1. The molecule has 40 heavy (non-hydrogen) atoms. The fraction of sp³-hybridized carbons (Fsp3) is 0.258. The molecule has 1 fully saturated rings. The second-order valence-electron chi connectivity index (χ2n) is 9.36. The molecule has 1 aliphatic rings. The molecule has 0 bridgehead atoms. The van der Waals surface area contributed by atoms with Crippen molar-refractivity contribution < 1.29 is 24.2 Å². The number of Topliss-reactive ketones (excluding diaryl/α,β-unsaturated/α-hetero) is 1. The van der Waals surface area contributed by atoms with Gasteiger partial charge in [-0.3, -0.25) is 14.5 Å². The van der Waals surface area contributed by atoms with Crippen LogP contribution in [0.2, 0.25) is 5.02 Å².